The van der Waals surface area contributed by atoms with E-state index in [9.17, 15) is 18.0 Å². The Balaban J connectivity index is 2.40. The number of hydrogen-bond acceptors (Lipinski definition) is 2. The van der Waals surface area contributed by atoms with Crippen molar-refractivity contribution in [2.24, 2.45) is 7.05 Å². The molecule has 1 heterocycles. The van der Waals surface area contributed by atoms with Gasteiger partial charge in [-0.25, -0.2) is 13.5 Å². The van der Waals surface area contributed by atoms with E-state index in [1.54, 1.807) is 26.0 Å². The maximum Gasteiger partial charge on any atom is 0.283 e. The second-order valence-corrected chi connectivity index (χ2v) is 6.52. The van der Waals surface area contributed by atoms with Crippen LogP contribution in [0.5, 0.6) is 0 Å². The van der Waals surface area contributed by atoms with Gasteiger partial charge in [-0.3, -0.25) is 4.79 Å². The van der Waals surface area contributed by atoms with Gasteiger partial charge in [0.2, 0.25) is 5.95 Å². The van der Waals surface area contributed by atoms with Gasteiger partial charge in [0.1, 0.15) is 11.3 Å². The number of aromatic nitrogens is 2. The number of benzene rings is 1. The largest absolute Gasteiger partial charge is 0.343 e. The molecular weight excluding hydrogens is 366 g/mol. The Morgan fingerprint density at radius 1 is 1.33 bits per heavy atom. The summed E-state index contributed by atoms with van der Waals surface area (Å²) in [5.74, 6) is -2.16. The lowest BCUT2D eigenvalue weighted by Crippen LogP contribution is -2.41. The molecule has 9 heteroatoms. The molecule has 24 heavy (non-hydrogen) atoms. The van der Waals surface area contributed by atoms with E-state index in [0.717, 1.165) is 7.05 Å². The van der Waals surface area contributed by atoms with Crippen molar-refractivity contribution in [3.05, 3.63) is 51.0 Å². The molecule has 0 saturated carbocycles. The molecule has 1 aromatic carbocycles. The molecule has 0 aliphatic heterocycles. The maximum atomic E-state index is 14.0. The minimum atomic E-state index is -3.08. The van der Waals surface area contributed by atoms with Crippen LogP contribution >= 0.6 is 23.2 Å². The lowest BCUT2D eigenvalue weighted by atomic mass is 9.93. The van der Waals surface area contributed by atoms with Crippen LogP contribution in [0.1, 0.15) is 41.9 Å². The van der Waals surface area contributed by atoms with Gasteiger partial charge < -0.3 is 5.32 Å². The zero-order valence-corrected chi connectivity index (χ0v) is 14.5. The Kier molecular flexibility index (Phi) is 5.15. The van der Waals surface area contributed by atoms with Crippen LogP contribution in [0, 0.1) is 5.95 Å². The number of nitrogens with one attached hydrogen (secondary N) is 1. The third-order valence-corrected chi connectivity index (χ3v) is 4.03. The highest BCUT2D eigenvalue weighted by Gasteiger charge is 2.33. The van der Waals surface area contributed by atoms with Crippen molar-refractivity contribution in [1.29, 1.82) is 0 Å². The molecule has 0 unspecified atom stereocenters. The molecule has 4 nitrogen and oxygen atoms in total. The van der Waals surface area contributed by atoms with Crippen LogP contribution in [0.3, 0.4) is 0 Å². The van der Waals surface area contributed by atoms with Gasteiger partial charge >= 0.3 is 0 Å². The summed E-state index contributed by atoms with van der Waals surface area (Å²) < 4.78 is 40.6. The van der Waals surface area contributed by atoms with Crippen LogP contribution < -0.4 is 5.32 Å². The fourth-order valence-corrected chi connectivity index (χ4v) is 2.80. The summed E-state index contributed by atoms with van der Waals surface area (Å²) in [6, 6.07) is 4.65. The maximum absolute atomic E-state index is 14.0. The summed E-state index contributed by atoms with van der Waals surface area (Å²) in [4.78, 5) is 12.4. The normalized spacial score (nSPS) is 11.9. The minimum absolute atomic E-state index is 0.324. The number of rotatable bonds is 4. The number of carbonyl (C=O) groups is 1. The fourth-order valence-electron chi connectivity index (χ4n) is 2.28. The smallest absolute Gasteiger partial charge is 0.283 e. The number of alkyl halides is 2. The van der Waals surface area contributed by atoms with E-state index >= 15 is 0 Å². The van der Waals surface area contributed by atoms with E-state index < -0.39 is 35.1 Å². The second kappa shape index (κ2) is 6.64. The van der Waals surface area contributed by atoms with Crippen molar-refractivity contribution in [3.8, 4) is 0 Å². The van der Waals surface area contributed by atoms with E-state index in [2.05, 4.69) is 10.4 Å². The van der Waals surface area contributed by atoms with Crippen molar-refractivity contribution in [3.63, 3.8) is 0 Å². The van der Waals surface area contributed by atoms with Gasteiger partial charge in [0.25, 0.3) is 12.3 Å². The molecule has 2 rings (SSSR count). The number of nitrogens with zero attached hydrogens (tertiary/aromatic N) is 2. The average molecular weight is 380 g/mol. The summed E-state index contributed by atoms with van der Waals surface area (Å²) in [5, 5.41) is 6.56. The van der Waals surface area contributed by atoms with Crippen LogP contribution in [0.4, 0.5) is 13.2 Å². The molecule has 0 spiro atoms. The van der Waals surface area contributed by atoms with Crippen molar-refractivity contribution >= 4 is 29.1 Å². The van der Waals surface area contributed by atoms with E-state index in [1.165, 1.54) is 6.07 Å². The van der Waals surface area contributed by atoms with Crippen LogP contribution in [0.15, 0.2) is 18.2 Å². The van der Waals surface area contributed by atoms with E-state index in [4.69, 9.17) is 23.2 Å². The van der Waals surface area contributed by atoms with Gasteiger partial charge in [-0.05, 0) is 37.6 Å². The SMILES string of the molecule is Cn1nc(C(F)F)c(C(=O)NC(C)(C)c2cc(Cl)ccc2Cl)c1F. The molecule has 1 N–H and O–H groups in total. The van der Waals surface area contributed by atoms with Crippen LogP contribution in [-0.2, 0) is 12.6 Å². The Hall–Kier alpha value is -1.73. The number of carbonyl (C=O) groups excluding carboxylic acids is 1. The predicted molar refractivity (Wildman–Crippen MR) is 85.1 cm³/mol. The third-order valence-electron chi connectivity index (χ3n) is 3.47. The Bertz CT molecular complexity index is 791. The Morgan fingerprint density at radius 2 is 1.96 bits per heavy atom. The van der Waals surface area contributed by atoms with Crippen molar-refractivity contribution < 1.29 is 18.0 Å². The van der Waals surface area contributed by atoms with Crippen molar-refractivity contribution in [2.75, 3.05) is 0 Å². The Morgan fingerprint density at radius 3 is 2.54 bits per heavy atom. The van der Waals surface area contributed by atoms with Gasteiger partial charge in [-0.1, -0.05) is 23.2 Å². The average Bonchev–Trinajstić information content (AvgIpc) is 2.77. The first-order chi connectivity index (χ1) is 11.0. The highest BCUT2D eigenvalue weighted by Crippen LogP contribution is 2.31. The fraction of sp³-hybridized carbons (Fsp3) is 0.333. The molecule has 0 atom stereocenters. The molecule has 0 fully saturated rings. The standard InChI is InChI=1S/C15H14Cl2F3N3O/c1-15(2,8-6-7(16)4-5-9(8)17)21-14(24)10-11(12(18)19)22-23(3)13(10)20/h4-6,12H,1-3H3,(H,21,24). The van der Waals surface area contributed by atoms with Gasteiger partial charge in [-0.2, -0.15) is 9.49 Å². The summed E-state index contributed by atoms with van der Waals surface area (Å²) in [6.07, 6.45) is -3.08. The molecule has 0 saturated heterocycles. The van der Waals surface area contributed by atoms with E-state index in [-0.39, 0.29) is 0 Å². The van der Waals surface area contributed by atoms with Crippen LogP contribution in [0.25, 0.3) is 0 Å². The Labute approximate surface area is 146 Å². The lowest BCUT2D eigenvalue weighted by molar-refractivity contribution is 0.0893. The number of aryl methyl sites for hydroxylation is 1. The van der Waals surface area contributed by atoms with Crippen LogP contribution in [-0.4, -0.2) is 15.7 Å². The highest BCUT2D eigenvalue weighted by molar-refractivity contribution is 6.33. The summed E-state index contributed by atoms with van der Waals surface area (Å²) in [5.41, 5.74) is -2.33. The molecule has 0 aliphatic carbocycles. The highest BCUT2D eigenvalue weighted by atomic mass is 35.5. The molecule has 0 bridgehead atoms. The van der Waals surface area contributed by atoms with Crippen LogP contribution in [0.2, 0.25) is 10.0 Å². The lowest BCUT2D eigenvalue weighted by Gasteiger charge is -2.28. The summed E-state index contributed by atoms with van der Waals surface area (Å²) in [7, 11) is 1.14. The molecule has 1 aromatic heterocycles. The third kappa shape index (κ3) is 3.52. The molecule has 2 aromatic rings. The van der Waals surface area contributed by atoms with Crippen molar-refractivity contribution in [2.45, 2.75) is 25.8 Å². The first-order valence-corrected chi connectivity index (χ1v) is 7.58. The topological polar surface area (TPSA) is 46.9 Å². The zero-order chi connectivity index (χ0) is 18.2. The molecule has 0 aliphatic rings. The first-order valence-electron chi connectivity index (χ1n) is 6.83. The predicted octanol–water partition coefficient (Wildman–Crippen LogP) is 4.47. The quantitative estimate of drug-likeness (QED) is 0.851. The molecule has 130 valence electrons. The summed E-state index contributed by atoms with van der Waals surface area (Å²) >= 11 is 12.0. The van der Waals surface area contributed by atoms with E-state index in [1.807, 2.05) is 0 Å². The minimum Gasteiger partial charge on any atom is -0.343 e. The molecule has 1 amide bonds. The first kappa shape index (κ1) is 18.6. The van der Waals surface area contributed by atoms with E-state index in [0.29, 0.717) is 20.3 Å². The van der Waals surface area contributed by atoms with Gasteiger partial charge in [0, 0.05) is 17.1 Å². The monoisotopic (exact) mass is 379 g/mol. The van der Waals surface area contributed by atoms with Gasteiger partial charge in [0.05, 0.1) is 5.54 Å². The van der Waals surface area contributed by atoms with Crippen molar-refractivity contribution in [1.82, 2.24) is 15.1 Å². The zero-order valence-electron chi connectivity index (χ0n) is 13.0. The molecule has 0 radical (unpaired) electrons. The number of halogens is 5. The van der Waals surface area contributed by atoms with Gasteiger partial charge in [0.15, 0.2) is 0 Å². The molecular formula is C15H14Cl2F3N3O. The van der Waals surface area contributed by atoms with Gasteiger partial charge in [-0.15, -0.1) is 0 Å². The summed E-state index contributed by atoms with van der Waals surface area (Å²) in [6.45, 7) is 3.19. The number of amides is 1. The number of hydrogen-bond donors (Lipinski definition) is 1. The second-order valence-electron chi connectivity index (χ2n) is 5.68.